The summed E-state index contributed by atoms with van der Waals surface area (Å²) in [6, 6.07) is 0. The Morgan fingerprint density at radius 3 is 2.42 bits per heavy atom. The van der Waals surface area contributed by atoms with Crippen LogP contribution in [0.2, 0.25) is 0 Å². The van der Waals surface area contributed by atoms with Gasteiger partial charge in [0, 0.05) is 10.5 Å². The minimum Gasteiger partial charge on any atom is -0.506 e. The second-order valence-electron chi connectivity index (χ2n) is 2.62. The van der Waals surface area contributed by atoms with Crippen molar-refractivity contribution in [1.29, 1.82) is 0 Å². The van der Waals surface area contributed by atoms with Gasteiger partial charge in [0.05, 0.1) is 18.0 Å². The Balaban J connectivity index is 3.42. The summed E-state index contributed by atoms with van der Waals surface area (Å²) in [7, 11) is 0. The molecule has 0 unspecified atom stereocenters. The first kappa shape index (κ1) is 9.35. The minimum absolute atomic E-state index is 0.0353. The zero-order chi connectivity index (χ0) is 9.30. The molecule has 0 saturated heterocycles. The lowest BCUT2D eigenvalue weighted by molar-refractivity contribution is 0.271. The number of pyridine rings is 1. The first-order valence-corrected chi connectivity index (χ1v) is 4.01. The van der Waals surface area contributed by atoms with Crippen LogP contribution in [0, 0.1) is 13.8 Å². The average molecular weight is 185 g/mol. The van der Waals surface area contributed by atoms with Gasteiger partial charge in [-0.05, 0) is 13.8 Å². The molecule has 0 amide bonds. The molecule has 1 heterocycles. The topological polar surface area (TPSA) is 53.4 Å². The van der Waals surface area contributed by atoms with Crippen molar-refractivity contribution in [2.75, 3.05) is 0 Å². The Kier molecular flexibility index (Phi) is 2.59. The SMILES string of the molecule is Cc1nc(C)c(S)c(CO)c1O. The molecule has 4 heteroatoms. The van der Waals surface area contributed by atoms with Gasteiger partial charge in [-0.1, -0.05) is 0 Å². The smallest absolute Gasteiger partial charge is 0.143 e. The molecule has 0 aliphatic carbocycles. The molecule has 0 bridgehead atoms. The van der Waals surface area contributed by atoms with Crippen molar-refractivity contribution in [3.05, 3.63) is 17.0 Å². The van der Waals surface area contributed by atoms with Gasteiger partial charge in [-0.25, -0.2) is 0 Å². The summed E-state index contributed by atoms with van der Waals surface area (Å²) in [5.41, 5.74) is 1.69. The van der Waals surface area contributed by atoms with E-state index in [0.717, 1.165) is 5.69 Å². The Morgan fingerprint density at radius 2 is 1.92 bits per heavy atom. The van der Waals surface area contributed by atoms with Crippen LogP contribution in [0.3, 0.4) is 0 Å². The van der Waals surface area contributed by atoms with Crippen LogP contribution in [-0.4, -0.2) is 15.2 Å². The fraction of sp³-hybridized carbons (Fsp3) is 0.375. The average Bonchev–Trinajstić information content (AvgIpc) is 2.02. The molecule has 0 atom stereocenters. The molecule has 0 aliphatic rings. The summed E-state index contributed by atoms with van der Waals surface area (Å²) < 4.78 is 0. The van der Waals surface area contributed by atoms with Crippen LogP contribution in [0.4, 0.5) is 0 Å². The number of aliphatic hydroxyl groups is 1. The van der Waals surface area contributed by atoms with E-state index in [9.17, 15) is 5.11 Å². The number of hydrogen-bond donors (Lipinski definition) is 3. The molecule has 0 spiro atoms. The van der Waals surface area contributed by atoms with Crippen molar-refractivity contribution < 1.29 is 10.2 Å². The molecule has 1 aromatic heterocycles. The van der Waals surface area contributed by atoms with E-state index >= 15 is 0 Å². The summed E-state index contributed by atoms with van der Waals surface area (Å²) in [5, 5.41) is 18.3. The molecular weight excluding hydrogens is 174 g/mol. The molecule has 0 radical (unpaired) electrons. The van der Waals surface area contributed by atoms with E-state index < -0.39 is 0 Å². The van der Waals surface area contributed by atoms with Crippen LogP contribution in [0.25, 0.3) is 0 Å². The number of rotatable bonds is 1. The van der Waals surface area contributed by atoms with E-state index in [-0.39, 0.29) is 12.4 Å². The first-order chi connectivity index (χ1) is 5.57. The molecule has 66 valence electrons. The fourth-order valence-electron chi connectivity index (χ4n) is 1.06. The lowest BCUT2D eigenvalue weighted by Gasteiger charge is -2.09. The predicted molar refractivity (Wildman–Crippen MR) is 48.6 cm³/mol. The van der Waals surface area contributed by atoms with Crippen LogP contribution in [-0.2, 0) is 6.61 Å². The van der Waals surface area contributed by atoms with Gasteiger partial charge >= 0.3 is 0 Å². The second kappa shape index (κ2) is 3.33. The summed E-state index contributed by atoms with van der Waals surface area (Å²) in [6.07, 6.45) is 0. The van der Waals surface area contributed by atoms with Crippen LogP contribution in [0.15, 0.2) is 4.90 Å². The van der Waals surface area contributed by atoms with E-state index in [2.05, 4.69) is 17.6 Å². The number of aryl methyl sites for hydroxylation is 2. The van der Waals surface area contributed by atoms with E-state index in [0.29, 0.717) is 16.2 Å². The first-order valence-electron chi connectivity index (χ1n) is 3.56. The molecule has 1 aromatic rings. The number of nitrogens with zero attached hydrogens (tertiary/aromatic N) is 1. The van der Waals surface area contributed by atoms with Crippen LogP contribution < -0.4 is 0 Å². The summed E-state index contributed by atoms with van der Waals surface area (Å²) >= 11 is 4.13. The molecule has 0 aliphatic heterocycles. The molecule has 3 nitrogen and oxygen atoms in total. The second-order valence-corrected chi connectivity index (χ2v) is 3.06. The monoisotopic (exact) mass is 185 g/mol. The highest BCUT2D eigenvalue weighted by Crippen LogP contribution is 2.28. The van der Waals surface area contributed by atoms with E-state index in [4.69, 9.17) is 5.11 Å². The Hall–Kier alpha value is -0.740. The highest BCUT2D eigenvalue weighted by Gasteiger charge is 2.10. The van der Waals surface area contributed by atoms with Crippen molar-refractivity contribution in [3.63, 3.8) is 0 Å². The van der Waals surface area contributed by atoms with Crippen LogP contribution >= 0.6 is 12.6 Å². The quantitative estimate of drug-likeness (QED) is 0.576. The van der Waals surface area contributed by atoms with Crippen molar-refractivity contribution in [2.24, 2.45) is 0 Å². The third kappa shape index (κ3) is 1.40. The normalized spacial score (nSPS) is 10.3. The van der Waals surface area contributed by atoms with Gasteiger partial charge in [-0.15, -0.1) is 12.6 Å². The fourth-order valence-corrected chi connectivity index (χ4v) is 1.28. The molecule has 0 aromatic carbocycles. The van der Waals surface area contributed by atoms with Gasteiger partial charge in [0.2, 0.25) is 0 Å². The number of hydrogen-bond acceptors (Lipinski definition) is 4. The van der Waals surface area contributed by atoms with Crippen molar-refractivity contribution in [1.82, 2.24) is 4.98 Å². The molecule has 1 rings (SSSR count). The van der Waals surface area contributed by atoms with Crippen molar-refractivity contribution in [3.8, 4) is 5.75 Å². The van der Waals surface area contributed by atoms with Gasteiger partial charge in [0.25, 0.3) is 0 Å². The number of aromatic hydroxyl groups is 1. The summed E-state index contributed by atoms with van der Waals surface area (Å²) in [4.78, 5) is 4.60. The van der Waals surface area contributed by atoms with E-state index in [1.54, 1.807) is 13.8 Å². The number of thiol groups is 1. The number of aliphatic hydroxyl groups excluding tert-OH is 1. The largest absolute Gasteiger partial charge is 0.506 e. The maximum Gasteiger partial charge on any atom is 0.143 e. The zero-order valence-electron chi connectivity index (χ0n) is 7.00. The van der Waals surface area contributed by atoms with Gasteiger partial charge < -0.3 is 10.2 Å². The van der Waals surface area contributed by atoms with Gasteiger partial charge in [0.15, 0.2) is 0 Å². The number of aromatic nitrogens is 1. The van der Waals surface area contributed by atoms with Gasteiger partial charge in [-0.2, -0.15) is 0 Å². The molecular formula is C8H11NO2S. The van der Waals surface area contributed by atoms with E-state index in [1.807, 2.05) is 0 Å². The lowest BCUT2D eigenvalue weighted by atomic mass is 10.2. The summed E-state index contributed by atoms with van der Waals surface area (Å²) in [6.45, 7) is 3.26. The standard InChI is InChI=1S/C8H11NO2S/c1-4-7(11)6(3-10)8(12)5(2)9-4/h10-12H,3H2,1-2H3. The lowest BCUT2D eigenvalue weighted by Crippen LogP contribution is -1.96. The van der Waals surface area contributed by atoms with E-state index in [1.165, 1.54) is 0 Å². The Bertz CT molecular complexity index is 286. The van der Waals surface area contributed by atoms with Gasteiger partial charge in [-0.3, -0.25) is 4.98 Å². The maximum absolute atomic E-state index is 9.43. The van der Waals surface area contributed by atoms with Gasteiger partial charge in [0.1, 0.15) is 5.75 Å². The zero-order valence-corrected chi connectivity index (χ0v) is 7.89. The van der Waals surface area contributed by atoms with Crippen LogP contribution in [0.1, 0.15) is 17.0 Å². The molecule has 2 N–H and O–H groups in total. The molecule has 0 fully saturated rings. The van der Waals surface area contributed by atoms with Crippen molar-refractivity contribution >= 4 is 12.6 Å². The highest BCUT2D eigenvalue weighted by molar-refractivity contribution is 7.80. The third-order valence-corrected chi connectivity index (χ3v) is 2.34. The Morgan fingerprint density at radius 1 is 1.33 bits per heavy atom. The minimum atomic E-state index is -0.213. The third-order valence-electron chi connectivity index (χ3n) is 1.75. The Labute approximate surface area is 76.5 Å². The summed E-state index contributed by atoms with van der Waals surface area (Å²) in [5.74, 6) is 0.0353. The predicted octanol–water partition coefficient (Wildman–Crippen LogP) is 1.19. The van der Waals surface area contributed by atoms with Crippen LogP contribution in [0.5, 0.6) is 5.75 Å². The maximum atomic E-state index is 9.43. The molecule has 12 heavy (non-hydrogen) atoms. The highest BCUT2D eigenvalue weighted by atomic mass is 32.1. The molecule has 0 saturated carbocycles. The van der Waals surface area contributed by atoms with Crippen molar-refractivity contribution in [2.45, 2.75) is 25.3 Å².